The molecule has 27 heavy (non-hydrogen) atoms. The summed E-state index contributed by atoms with van der Waals surface area (Å²) in [4.78, 5) is 34.4. The van der Waals surface area contributed by atoms with Crippen LogP contribution in [0.2, 0.25) is 5.02 Å². The molecule has 2 amide bonds. The fourth-order valence-corrected chi connectivity index (χ4v) is 2.40. The van der Waals surface area contributed by atoms with Gasteiger partial charge in [-0.1, -0.05) is 11.6 Å². The summed E-state index contributed by atoms with van der Waals surface area (Å²) >= 11 is 5.88. The fraction of sp³-hybridized carbons (Fsp3) is 0.176. The number of amides is 2. The van der Waals surface area contributed by atoms with Crippen molar-refractivity contribution in [3.05, 3.63) is 62.7 Å². The Bertz CT molecular complexity index is 887. The summed E-state index contributed by atoms with van der Waals surface area (Å²) < 4.78 is 10.5. The van der Waals surface area contributed by atoms with E-state index in [1.165, 1.54) is 25.3 Å². The van der Waals surface area contributed by atoms with Crippen LogP contribution in [0.4, 0.5) is 5.69 Å². The topological polar surface area (TPSA) is 120 Å². The van der Waals surface area contributed by atoms with Gasteiger partial charge in [-0.25, -0.2) is 0 Å². The van der Waals surface area contributed by atoms with Gasteiger partial charge in [-0.05, 0) is 31.2 Å². The van der Waals surface area contributed by atoms with Gasteiger partial charge < -0.3 is 9.47 Å². The summed E-state index contributed by atoms with van der Waals surface area (Å²) in [5.41, 5.74) is 4.39. The van der Waals surface area contributed by atoms with E-state index in [4.69, 9.17) is 21.1 Å². The lowest BCUT2D eigenvalue weighted by Crippen LogP contribution is -2.41. The average molecular weight is 394 g/mol. The van der Waals surface area contributed by atoms with E-state index in [-0.39, 0.29) is 21.8 Å². The van der Waals surface area contributed by atoms with Gasteiger partial charge in [0, 0.05) is 17.7 Å². The number of hydrogen-bond acceptors (Lipinski definition) is 6. The summed E-state index contributed by atoms with van der Waals surface area (Å²) in [7, 11) is 1.44. The van der Waals surface area contributed by atoms with Crippen molar-refractivity contribution in [2.24, 2.45) is 0 Å². The van der Waals surface area contributed by atoms with E-state index in [9.17, 15) is 19.7 Å². The van der Waals surface area contributed by atoms with Crippen molar-refractivity contribution >= 4 is 29.1 Å². The van der Waals surface area contributed by atoms with Crippen LogP contribution in [0.3, 0.4) is 0 Å². The lowest BCUT2D eigenvalue weighted by Gasteiger charge is -2.12. The Morgan fingerprint density at radius 2 is 1.81 bits per heavy atom. The number of nitrogens with one attached hydrogen (secondary N) is 2. The minimum absolute atomic E-state index is 0.0214. The zero-order valence-electron chi connectivity index (χ0n) is 14.4. The maximum absolute atomic E-state index is 12.2. The van der Waals surface area contributed by atoms with Crippen LogP contribution in [0.15, 0.2) is 36.4 Å². The second-order valence-corrected chi connectivity index (χ2v) is 5.54. The number of non-ortho nitro benzene ring substituents is 1. The van der Waals surface area contributed by atoms with Crippen molar-refractivity contribution in [3.8, 4) is 11.5 Å². The number of methoxy groups -OCH3 is 1. The van der Waals surface area contributed by atoms with Gasteiger partial charge >= 0.3 is 0 Å². The Balaban J connectivity index is 2.07. The predicted molar refractivity (Wildman–Crippen MR) is 97.2 cm³/mol. The van der Waals surface area contributed by atoms with Gasteiger partial charge in [0.25, 0.3) is 17.5 Å². The number of carbonyl (C=O) groups is 2. The van der Waals surface area contributed by atoms with Gasteiger partial charge in [0.1, 0.15) is 0 Å². The van der Waals surface area contributed by atoms with Gasteiger partial charge in [-0.2, -0.15) is 0 Å². The first kappa shape index (κ1) is 20.0. The number of hydrogen-bond donors (Lipinski definition) is 2. The van der Waals surface area contributed by atoms with Crippen molar-refractivity contribution in [1.82, 2.24) is 10.9 Å². The molecular weight excluding hydrogens is 378 g/mol. The number of halogens is 1. The molecule has 0 aliphatic rings. The molecule has 0 aliphatic carbocycles. The molecule has 2 rings (SSSR count). The number of benzene rings is 2. The highest BCUT2D eigenvalue weighted by Gasteiger charge is 2.16. The minimum Gasteiger partial charge on any atom is -0.493 e. The van der Waals surface area contributed by atoms with Gasteiger partial charge in [0.05, 0.1) is 29.2 Å². The molecule has 0 aromatic heterocycles. The van der Waals surface area contributed by atoms with E-state index in [2.05, 4.69) is 10.9 Å². The van der Waals surface area contributed by atoms with Gasteiger partial charge in [-0.15, -0.1) is 0 Å². The van der Waals surface area contributed by atoms with Gasteiger partial charge in [0.2, 0.25) is 0 Å². The van der Waals surface area contributed by atoms with Gasteiger partial charge in [-0.3, -0.25) is 30.6 Å². The van der Waals surface area contributed by atoms with Crippen molar-refractivity contribution in [2.75, 3.05) is 13.7 Å². The second kappa shape index (κ2) is 8.86. The summed E-state index contributed by atoms with van der Waals surface area (Å²) in [6.45, 7) is 2.26. The smallest absolute Gasteiger partial charge is 0.271 e. The number of rotatable bonds is 6. The number of nitrogens with zero attached hydrogens (tertiary/aromatic N) is 1. The van der Waals surface area contributed by atoms with Crippen LogP contribution in [0.1, 0.15) is 27.6 Å². The number of hydrazine groups is 1. The third kappa shape index (κ3) is 4.85. The normalized spacial score (nSPS) is 10.0. The Morgan fingerprint density at radius 3 is 2.41 bits per heavy atom. The standard InChI is InChI=1S/C17H16ClN3O6/c1-3-27-14-7-4-10(8-15(14)26-2)16(22)19-20-17(23)12-6-5-11(21(24)25)9-13(12)18/h4-9H,3H2,1-2H3,(H,19,22)(H,20,23). The Morgan fingerprint density at radius 1 is 1.11 bits per heavy atom. The molecule has 2 aromatic rings. The molecule has 0 spiro atoms. The fourth-order valence-electron chi connectivity index (χ4n) is 2.14. The van der Waals surface area contributed by atoms with Crippen LogP contribution in [-0.4, -0.2) is 30.5 Å². The molecule has 0 unspecified atom stereocenters. The molecule has 0 bridgehead atoms. The second-order valence-electron chi connectivity index (χ2n) is 5.13. The summed E-state index contributed by atoms with van der Waals surface area (Å²) in [5, 5.41) is 10.6. The molecule has 0 fully saturated rings. The van der Waals surface area contributed by atoms with Crippen LogP contribution in [0.5, 0.6) is 11.5 Å². The third-order valence-electron chi connectivity index (χ3n) is 3.42. The van der Waals surface area contributed by atoms with Crippen molar-refractivity contribution in [2.45, 2.75) is 6.92 Å². The molecule has 0 saturated carbocycles. The van der Waals surface area contributed by atoms with Crippen LogP contribution >= 0.6 is 11.6 Å². The van der Waals surface area contributed by atoms with Crippen LogP contribution < -0.4 is 20.3 Å². The molecule has 2 N–H and O–H groups in total. The number of nitro groups is 1. The number of nitro benzene ring substituents is 1. The van der Waals surface area contributed by atoms with Crippen LogP contribution in [-0.2, 0) is 0 Å². The summed E-state index contributed by atoms with van der Waals surface area (Å²) in [6.07, 6.45) is 0. The molecule has 0 saturated heterocycles. The molecule has 0 heterocycles. The SMILES string of the molecule is CCOc1ccc(C(=O)NNC(=O)c2ccc([N+](=O)[O-])cc2Cl)cc1OC. The first-order valence-corrected chi connectivity index (χ1v) is 8.10. The first-order valence-electron chi connectivity index (χ1n) is 7.72. The van der Waals surface area contributed by atoms with Crippen LogP contribution in [0.25, 0.3) is 0 Å². The minimum atomic E-state index is -0.721. The quantitative estimate of drug-likeness (QED) is 0.575. The van der Waals surface area contributed by atoms with Crippen molar-refractivity contribution in [3.63, 3.8) is 0 Å². The van der Waals surface area contributed by atoms with Crippen molar-refractivity contribution in [1.29, 1.82) is 0 Å². The highest BCUT2D eigenvalue weighted by atomic mass is 35.5. The van der Waals surface area contributed by atoms with Crippen molar-refractivity contribution < 1.29 is 24.0 Å². The Hall–Kier alpha value is -3.33. The average Bonchev–Trinajstić information content (AvgIpc) is 2.66. The molecule has 0 atom stereocenters. The number of carbonyl (C=O) groups excluding carboxylic acids is 2. The Labute approximate surface area is 159 Å². The number of ether oxygens (including phenoxy) is 2. The predicted octanol–water partition coefficient (Wildman–Crippen LogP) is 2.73. The third-order valence-corrected chi connectivity index (χ3v) is 3.74. The monoisotopic (exact) mass is 393 g/mol. The highest BCUT2D eigenvalue weighted by Crippen LogP contribution is 2.28. The first-order chi connectivity index (χ1) is 12.9. The Kier molecular flexibility index (Phi) is 6.56. The molecule has 142 valence electrons. The molecular formula is C17H16ClN3O6. The van der Waals surface area contributed by atoms with E-state index in [1.54, 1.807) is 6.07 Å². The van der Waals surface area contributed by atoms with E-state index in [0.29, 0.717) is 18.1 Å². The molecule has 9 nitrogen and oxygen atoms in total. The maximum atomic E-state index is 12.2. The van der Waals surface area contributed by atoms with E-state index in [0.717, 1.165) is 12.1 Å². The summed E-state index contributed by atoms with van der Waals surface area (Å²) in [5.74, 6) is -0.462. The molecule has 0 aliphatic heterocycles. The molecule has 10 heteroatoms. The zero-order chi connectivity index (χ0) is 20.0. The largest absolute Gasteiger partial charge is 0.493 e. The lowest BCUT2D eigenvalue weighted by molar-refractivity contribution is -0.384. The molecule has 0 radical (unpaired) electrons. The summed E-state index contributed by atoms with van der Waals surface area (Å²) in [6, 6.07) is 7.93. The maximum Gasteiger partial charge on any atom is 0.271 e. The van der Waals surface area contributed by atoms with E-state index in [1.807, 2.05) is 6.92 Å². The zero-order valence-corrected chi connectivity index (χ0v) is 15.2. The van der Waals surface area contributed by atoms with E-state index < -0.39 is 16.7 Å². The van der Waals surface area contributed by atoms with Gasteiger partial charge in [0.15, 0.2) is 11.5 Å². The van der Waals surface area contributed by atoms with E-state index >= 15 is 0 Å². The highest BCUT2D eigenvalue weighted by molar-refractivity contribution is 6.34. The lowest BCUT2D eigenvalue weighted by atomic mass is 10.2. The molecule has 2 aromatic carbocycles. The van der Waals surface area contributed by atoms with Crippen LogP contribution in [0, 0.1) is 10.1 Å².